The van der Waals surface area contributed by atoms with Crippen LogP contribution in [0.5, 0.6) is 0 Å². The molecule has 1 heterocycles. The normalized spacial score (nSPS) is 10.8. The van der Waals surface area contributed by atoms with Crippen LogP contribution in [0.2, 0.25) is 0 Å². The number of anilines is 3. The Kier molecular flexibility index (Phi) is 4.67. The monoisotopic (exact) mass is 292 g/mol. The zero-order valence-electron chi connectivity index (χ0n) is 12.2. The first-order chi connectivity index (χ1) is 10.0. The maximum Gasteiger partial charge on any atom is 0.149 e. The van der Waals surface area contributed by atoms with Gasteiger partial charge in [-0.1, -0.05) is 13.8 Å². The number of halogens is 2. The quantitative estimate of drug-likeness (QED) is 0.872. The second-order valence-corrected chi connectivity index (χ2v) is 4.92. The molecule has 0 bridgehead atoms. The standard InChI is InChI=1S/C15H18F2N4/c1-4-18-14-13(9(2)3)15(20-8-19-14)21-12-6-5-10(16)7-11(12)17/h5-9H,4H2,1-3H3,(H2,18,19,20,21). The van der Waals surface area contributed by atoms with E-state index in [4.69, 9.17) is 0 Å². The summed E-state index contributed by atoms with van der Waals surface area (Å²) >= 11 is 0. The van der Waals surface area contributed by atoms with E-state index in [1.165, 1.54) is 18.5 Å². The first kappa shape index (κ1) is 15.2. The van der Waals surface area contributed by atoms with Crippen LogP contribution in [0, 0.1) is 11.6 Å². The Morgan fingerprint density at radius 2 is 1.86 bits per heavy atom. The molecular formula is C15H18F2N4. The maximum atomic E-state index is 13.8. The van der Waals surface area contributed by atoms with Crippen molar-refractivity contribution in [3.8, 4) is 0 Å². The predicted molar refractivity (Wildman–Crippen MR) is 79.9 cm³/mol. The Morgan fingerprint density at radius 1 is 1.14 bits per heavy atom. The van der Waals surface area contributed by atoms with Crippen molar-refractivity contribution in [1.82, 2.24) is 9.97 Å². The molecule has 2 rings (SSSR count). The molecular weight excluding hydrogens is 274 g/mol. The van der Waals surface area contributed by atoms with Crippen molar-refractivity contribution in [2.24, 2.45) is 0 Å². The molecule has 0 fully saturated rings. The minimum atomic E-state index is -0.659. The number of hydrogen-bond acceptors (Lipinski definition) is 4. The minimum absolute atomic E-state index is 0.145. The molecule has 0 aliphatic rings. The lowest BCUT2D eigenvalue weighted by molar-refractivity contribution is 0.586. The van der Waals surface area contributed by atoms with Crippen molar-refractivity contribution < 1.29 is 8.78 Å². The summed E-state index contributed by atoms with van der Waals surface area (Å²) in [5.41, 5.74) is 1.04. The highest BCUT2D eigenvalue weighted by molar-refractivity contribution is 5.66. The molecule has 4 nitrogen and oxygen atoms in total. The van der Waals surface area contributed by atoms with E-state index in [0.717, 1.165) is 18.2 Å². The number of hydrogen-bond donors (Lipinski definition) is 2. The highest BCUT2D eigenvalue weighted by atomic mass is 19.1. The molecule has 1 aromatic carbocycles. The predicted octanol–water partition coefficient (Wildman–Crippen LogP) is 4.05. The van der Waals surface area contributed by atoms with Crippen molar-refractivity contribution in [2.45, 2.75) is 26.7 Å². The third-order valence-corrected chi connectivity index (χ3v) is 2.99. The lowest BCUT2D eigenvalue weighted by atomic mass is 10.0. The molecule has 0 radical (unpaired) electrons. The summed E-state index contributed by atoms with van der Waals surface area (Å²) < 4.78 is 26.7. The topological polar surface area (TPSA) is 49.8 Å². The van der Waals surface area contributed by atoms with Gasteiger partial charge in [0.2, 0.25) is 0 Å². The highest BCUT2D eigenvalue weighted by Gasteiger charge is 2.16. The van der Waals surface area contributed by atoms with E-state index >= 15 is 0 Å². The molecule has 0 atom stereocenters. The Morgan fingerprint density at radius 3 is 2.48 bits per heavy atom. The van der Waals surface area contributed by atoms with Crippen LogP contribution in [0.4, 0.5) is 26.1 Å². The zero-order valence-corrected chi connectivity index (χ0v) is 12.2. The molecule has 0 amide bonds. The van der Waals surface area contributed by atoms with E-state index in [0.29, 0.717) is 11.6 Å². The molecule has 0 saturated heterocycles. The van der Waals surface area contributed by atoms with Gasteiger partial charge in [0, 0.05) is 18.2 Å². The molecule has 21 heavy (non-hydrogen) atoms. The largest absolute Gasteiger partial charge is 0.370 e. The van der Waals surface area contributed by atoms with Crippen molar-refractivity contribution in [1.29, 1.82) is 0 Å². The van der Waals surface area contributed by atoms with Gasteiger partial charge in [-0.05, 0) is 25.0 Å². The van der Waals surface area contributed by atoms with Gasteiger partial charge < -0.3 is 10.6 Å². The third-order valence-electron chi connectivity index (χ3n) is 2.99. The number of rotatable bonds is 5. The lowest BCUT2D eigenvalue weighted by Crippen LogP contribution is -2.09. The third kappa shape index (κ3) is 3.45. The van der Waals surface area contributed by atoms with Gasteiger partial charge in [0.1, 0.15) is 29.6 Å². The first-order valence-corrected chi connectivity index (χ1v) is 6.83. The van der Waals surface area contributed by atoms with Crippen LogP contribution in [-0.2, 0) is 0 Å². The highest BCUT2D eigenvalue weighted by Crippen LogP contribution is 2.31. The van der Waals surface area contributed by atoms with Gasteiger partial charge in [0.25, 0.3) is 0 Å². The average Bonchev–Trinajstić information content (AvgIpc) is 2.42. The van der Waals surface area contributed by atoms with E-state index in [-0.39, 0.29) is 11.6 Å². The SMILES string of the molecule is CCNc1ncnc(Nc2ccc(F)cc2F)c1C(C)C. The summed E-state index contributed by atoms with van der Waals surface area (Å²) in [6.45, 7) is 6.71. The van der Waals surface area contributed by atoms with E-state index < -0.39 is 11.6 Å². The second-order valence-electron chi connectivity index (χ2n) is 4.92. The Balaban J connectivity index is 2.41. The molecule has 2 N–H and O–H groups in total. The van der Waals surface area contributed by atoms with E-state index in [1.54, 1.807) is 0 Å². The lowest BCUT2D eigenvalue weighted by Gasteiger charge is -2.17. The molecule has 0 spiro atoms. The number of nitrogens with zero attached hydrogens (tertiary/aromatic N) is 2. The second kappa shape index (κ2) is 6.47. The number of nitrogens with one attached hydrogen (secondary N) is 2. The molecule has 1 aromatic heterocycles. The average molecular weight is 292 g/mol. The Bertz CT molecular complexity index is 629. The van der Waals surface area contributed by atoms with Gasteiger partial charge in [-0.15, -0.1) is 0 Å². The Labute approximate surface area is 122 Å². The van der Waals surface area contributed by atoms with E-state index in [2.05, 4.69) is 20.6 Å². The van der Waals surface area contributed by atoms with Crippen LogP contribution in [0.25, 0.3) is 0 Å². The van der Waals surface area contributed by atoms with Crippen LogP contribution < -0.4 is 10.6 Å². The first-order valence-electron chi connectivity index (χ1n) is 6.83. The van der Waals surface area contributed by atoms with Gasteiger partial charge in [-0.3, -0.25) is 0 Å². The fourth-order valence-corrected chi connectivity index (χ4v) is 2.07. The van der Waals surface area contributed by atoms with Crippen molar-refractivity contribution in [2.75, 3.05) is 17.2 Å². The van der Waals surface area contributed by atoms with Crippen molar-refractivity contribution in [3.63, 3.8) is 0 Å². The van der Waals surface area contributed by atoms with Crippen molar-refractivity contribution in [3.05, 3.63) is 41.7 Å². The van der Waals surface area contributed by atoms with Crippen LogP contribution in [-0.4, -0.2) is 16.5 Å². The zero-order chi connectivity index (χ0) is 15.4. The van der Waals surface area contributed by atoms with Crippen LogP contribution in [0.1, 0.15) is 32.3 Å². The Hall–Kier alpha value is -2.24. The van der Waals surface area contributed by atoms with E-state index in [9.17, 15) is 8.78 Å². The fraction of sp³-hybridized carbons (Fsp3) is 0.333. The fourth-order valence-electron chi connectivity index (χ4n) is 2.07. The van der Waals surface area contributed by atoms with Gasteiger partial charge in [0.15, 0.2) is 0 Å². The summed E-state index contributed by atoms with van der Waals surface area (Å²) in [4.78, 5) is 8.39. The van der Waals surface area contributed by atoms with E-state index in [1.807, 2.05) is 20.8 Å². The molecule has 0 unspecified atom stereocenters. The molecule has 2 aromatic rings. The van der Waals surface area contributed by atoms with Crippen LogP contribution >= 0.6 is 0 Å². The summed E-state index contributed by atoms with van der Waals surface area (Å²) in [5, 5.41) is 6.08. The molecule has 112 valence electrons. The van der Waals surface area contributed by atoms with Crippen LogP contribution in [0.15, 0.2) is 24.5 Å². The molecule has 0 aliphatic carbocycles. The summed E-state index contributed by atoms with van der Waals surface area (Å²) in [7, 11) is 0. The summed E-state index contributed by atoms with van der Waals surface area (Å²) in [5.74, 6) is 0.103. The summed E-state index contributed by atoms with van der Waals surface area (Å²) in [6.07, 6.45) is 1.41. The minimum Gasteiger partial charge on any atom is -0.370 e. The smallest absolute Gasteiger partial charge is 0.149 e. The van der Waals surface area contributed by atoms with Gasteiger partial charge in [-0.2, -0.15) is 0 Å². The maximum absolute atomic E-state index is 13.8. The van der Waals surface area contributed by atoms with Crippen molar-refractivity contribution >= 4 is 17.3 Å². The van der Waals surface area contributed by atoms with Gasteiger partial charge >= 0.3 is 0 Å². The molecule has 0 saturated carbocycles. The van der Waals surface area contributed by atoms with Gasteiger partial charge in [0.05, 0.1) is 5.69 Å². The van der Waals surface area contributed by atoms with Gasteiger partial charge in [-0.25, -0.2) is 18.7 Å². The van der Waals surface area contributed by atoms with Crippen LogP contribution in [0.3, 0.4) is 0 Å². The molecule has 6 heteroatoms. The number of benzene rings is 1. The molecule has 0 aliphatic heterocycles. The number of aromatic nitrogens is 2. The summed E-state index contributed by atoms with van der Waals surface area (Å²) in [6, 6.07) is 3.39.